The molecule has 2 aromatic heterocycles. The first-order valence-electron chi connectivity index (χ1n) is 3.97. The highest BCUT2D eigenvalue weighted by Gasteiger charge is 2.18. The van der Waals surface area contributed by atoms with Gasteiger partial charge < -0.3 is 10.3 Å². The normalized spacial score (nSPS) is 13.1. The van der Waals surface area contributed by atoms with Crippen LogP contribution in [0.15, 0.2) is 20.4 Å². The molecule has 0 aliphatic heterocycles. The molecule has 4 nitrogen and oxygen atoms in total. The average molecular weight is 274 g/mol. The molecule has 0 saturated heterocycles. The molecule has 0 bridgehead atoms. The van der Waals surface area contributed by atoms with Crippen LogP contribution in [0.5, 0.6) is 0 Å². The Balaban J connectivity index is 2.33. The second-order valence-corrected chi connectivity index (χ2v) is 4.58. The maximum atomic E-state index is 5.97. The topological polar surface area (TPSA) is 64.9 Å². The second kappa shape index (κ2) is 3.80. The molecule has 0 saturated carbocycles. The minimum absolute atomic E-state index is 0.318. The Morgan fingerprint density at radius 2 is 2.43 bits per heavy atom. The third-order valence-electron chi connectivity index (χ3n) is 1.75. The quantitative estimate of drug-likeness (QED) is 0.912. The van der Waals surface area contributed by atoms with Gasteiger partial charge in [0.2, 0.25) is 5.89 Å². The van der Waals surface area contributed by atoms with Crippen molar-refractivity contribution in [2.24, 2.45) is 5.73 Å². The molecule has 74 valence electrons. The van der Waals surface area contributed by atoms with E-state index in [2.05, 4.69) is 26.1 Å². The van der Waals surface area contributed by atoms with Crippen molar-refractivity contribution in [2.75, 3.05) is 0 Å². The molecule has 2 N–H and O–H groups in total. The van der Waals surface area contributed by atoms with Crippen molar-refractivity contribution in [3.63, 3.8) is 0 Å². The lowest BCUT2D eigenvalue weighted by atomic mass is 10.2. The fourth-order valence-corrected chi connectivity index (χ4v) is 2.70. The molecule has 0 spiro atoms. The van der Waals surface area contributed by atoms with Crippen LogP contribution in [0.3, 0.4) is 0 Å². The van der Waals surface area contributed by atoms with E-state index in [0.29, 0.717) is 11.7 Å². The van der Waals surface area contributed by atoms with E-state index in [-0.39, 0.29) is 6.04 Å². The van der Waals surface area contributed by atoms with E-state index in [0.717, 1.165) is 9.35 Å². The van der Waals surface area contributed by atoms with Gasteiger partial charge in [0, 0.05) is 16.3 Å². The van der Waals surface area contributed by atoms with Gasteiger partial charge in [-0.05, 0) is 27.4 Å². The number of thiophene rings is 1. The number of hydrogen-bond acceptors (Lipinski definition) is 5. The van der Waals surface area contributed by atoms with Gasteiger partial charge in [0.1, 0.15) is 6.04 Å². The largest absolute Gasteiger partial charge is 0.340 e. The molecule has 0 aliphatic carbocycles. The van der Waals surface area contributed by atoms with Gasteiger partial charge in [0.25, 0.3) is 0 Å². The summed E-state index contributed by atoms with van der Waals surface area (Å²) in [6.07, 6.45) is 0. The zero-order chi connectivity index (χ0) is 10.1. The Hall–Kier alpha value is -0.720. The van der Waals surface area contributed by atoms with Gasteiger partial charge in [-0.1, -0.05) is 5.16 Å². The molecule has 0 aliphatic rings. The third kappa shape index (κ3) is 1.73. The summed E-state index contributed by atoms with van der Waals surface area (Å²) in [4.78, 5) is 5.10. The van der Waals surface area contributed by atoms with Crippen molar-refractivity contribution in [1.82, 2.24) is 10.1 Å². The molecule has 0 aromatic carbocycles. The van der Waals surface area contributed by atoms with Crippen molar-refractivity contribution in [1.29, 1.82) is 0 Å². The fraction of sp³-hybridized carbons (Fsp3) is 0.250. The maximum absolute atomic E-state index is 5.97. The first kappa shape index (κ1) is 9.82. The SMILES string of the molecule is Cc1nc(C(N)c2sccc2Br)no1. The van der Waals surface area contributed by atoms with Crippen LogP contribution in [0.4, 0.5) is 0 Å². The summed E-state index contributed by atoms with van der Waals surface area (Å²) in [5.41, 5.74) is 5.97. The molecule has 2 rings (SSSR count). The number of hydrogen-bond donors (Lipinski definition) is 1. The molecule has 1 atom stereocenters. The lowest BCUT2D eigenvalue weighted by Gasteiger charge is -2.03. The van der Waals surface area contributed by atoms with Crippen LogP contribution in [-0.4, -0.2) is 10.1 Å². The standard InChI is InChI=1S/C8H8BrN3OS/c1-4-11-8(12-13-4)6(10)7-5(9)2-3-14-7/h2-3,6H,10H2,1H3. The fourth-order valence-electron chi connectivity index (χ4n) is 1.09. The summed E-state index contributed by atoms with van der Waals surface area (Å²) in [7, 11) is 0. The molecule has 2 heterocycles. The minimum Gasteiger partial charge on any atom is -0.340 e. The summed E-state index contributed by atoms with van der Waals surface area (Å²) in [5, 5.41) is 5.75. The summed E-state index contributed by atoms with van der Waals surface area (Å²) in [6.45, 7) is 1.74. The Labute approximate surface area is 93.3 Å². The van der Waals surface area contributed by atoms with Gasteiger partial charge in [0.05, 0.1) is 0 Å². The summed E-state index contributed by atoms with van der Waals surface area (Å²) >= 11 is 4.98. The van der Waals surface area contributed by atoms with Crippen LogP contribution < -0.4 is 5.73 Å². The lowest BCUT2D eigenvalue weighted by Crippen LogP contribution is -2.12. The molecule has 0 radical (unpaired) electrons. The van der Waals surface area contributed by atoms with Gasteiger partial charge in [-0.15, -0.1) is 11.3 Å². The molecule has 2 aromatic rings. The van der Waals surface area contributed by atoms with Crippen molar-refractivity contribution in [2.45, 2.75) is 13.0 Å². The van der Waals surface area contributed by atoms with E-state index in [9.17, 15) is 0 Å². The number of nitrogens with zero attached hydrogens (tertiary/aromatic N) is 2. The minimum atomic E-state index is -0.318. The lowest BCUT2D eigenvalue weighted by molar-refractivity contribution is 0.385. The van der Waals surface area contributed by atoms with Crippen LogP contribution in [0.25, 0.3) is 0 Å². The van der Waals surface area contributed by atoms with Crippen molar-refractivity contribution < 1.29 is 4.52 Å². The summed E-state index contributed by atoms with van der Waals surface area (Å²) < 4.78 is 5.86. The van der Waals surface area contributed by atoms with E-state index >= 15 is 0 Å². The molecule has 14 heavy (non-hydrogen) atoms. The van der Waals surface area contributed by atoms with Crippen LogP contribution in [0.1, 0.15) is 22.6 Å². The van der Waals surface area contributed by atoms with Gasteiger partial charge in [-0.25, -0.2) is 0 Å². The maximum Gasteiger partial charge on any atom is 0.223 e. The zero-order valence-corrected chi connectivity index (χ0v) is 9.80. The number of rotatable bonds is 2. The van der Waals surface area contributed by atoms with Gasteiger partial charge >= 0.3 is 0 Å². The number of aryl methyl sites for hydroxylation is 1. The molecule has 1 unspecified atom stereocenters. The highest BCUT2D eigenvalue weighted by Crippen LogP contribution is 2.30. The second-order valence-electron chi connectivity index (χ2n) is 2.78. The monoisotopic (exact) mass is 273 g/mol. The van der Waals surface area contributed by atoms with E-state index in [4.69, 9.17) is 10.3 Å². The number of halogens is 1. The first-order chi connectivity index (χ1) is 6.68. The number of aromatic nitrogens is 2. The molecular formula is C8H8BrN3OS. The van der Waals surface area contributed by atoms with Crippen LogP contribution >= 0.6 is 27.3 Å². The predicted octanol–water partition coefficient (Wildman–Crippen LogP) is 2.25. The van der Waals surface area contributed by atoms with Gasteiger partial charge in [-0.2, -0.15) is 4.98 Å². The van der Waals surface area contributed by atoms with E-state index < -0.39 is 0 Å². The Bertz CT molecular complexity index is 439. The highest BCUT2D eigenvalue weighted by atomic mass is 79.9. The zero-order valence-electron chi connectivity index (χ0n) is 7.40. The molecular weight excluding hydrogens is 266 g/mol. The van der Waals surface area contributed by atoms with E-state index in [1.54, 1.807) is 18.3 Å². The molecule has 0 amide bonds. The summed E-state index contributed by atoms with van der Waals surface area (Å²) in [6, 6.07) is 1.63. The van der Waals surface area contributed by atoms with E-state index in [1.807, 2.05) is 11.4 Å². The van der Waals surface area contributed by atoms with Gasteiger partial charge in [-0.3, -0.25) is 0 Å². The Morgan fingerprint density at radius 3 is 2.93 bits per heavy atom. The Kier molecular flexibility index (Phi) is 2.66. The highest BCUT2D eigenvalue weighted by molar-refractivity contribution is 9.10. The van der Waals surface area contributed by atoms with Crippen molar-refractivity contribution >= 4 is 27.3 Å². The van der Waals surface area contributed by atoms with Crippen LogP contribution in [0.2, 0.25) is 0 Å². The van der Waals surface area contributed by atoms with E-state index in [1.165, 1.54) is 0 Å². The van der Waals surface area contributed by atoms with Crippen molar-refractivity contribution in [3.8, 4) is 0 Å². The smallest absolute Gasteiger partial charge is 0.223 e. The average Bonchev–Trinajstić information content (AvgIpc) is 2.73. The Morgan fingerprint density at radius 1 is 1.64 bits per heavy atom. The third-order valence-corrected chi connectivity index (χ3v) is 3.70. The van der Waals surface area contributed by atoms with Crippen LogP contribution in [0, 0.1) is 6.92 Å². The molecule has 6 heteroatoms. The molecule has 0 fully saturated rings. The van der Waals surface area contributed by atoms with Crippen molar-refractivity contribution in [3.05, 3.63) is 32.5 Å². The predicted molar refractivity (Wildman–Crippen MR) is 57.1 cm³/mol. The number of nitrogens with two attached hydrogens (primary N) is 1. The van der Waals surface area contributed by atoms with Gasteiger partial charge in [0.15, 0.2) is 5.82 Å². The van der Waals surface area contributed by atoms with Crippen LogP contribution in [-0.2, 0) is 0 Å². The summed E-state index contributed by atoms with van der Waals surface area (Å²) in [5.74, 6) is 1.05. The first-order valence-corrected chi connectivity index (χ1v) is 5.64.